The summed E-state index contributed by atoms with van der Waals surface area (Å²) in [4.78, 5) is 13.8. The lowest BCUT2D eigenvalue weighted by Gasteiger charge is -2.35. The molecule has 128 valence electrons. The molecule has 0 spiro atoms. The molecule has 1 unspecified atom stereocenters. The maximum Gasteiger partial charge on any atom is 0.221 e. The Balaban J connectivity index is 1.95. The molecule has 0 bridgehead atoms. The fourth-order valence-electron chi connectivity index (χ4n) is 2.76. The highest BCUT2D eigenvalue weighted by Crippen LogP contribution is 2.24. The molecule has 1 fully saturated rings. The highest BCUT2D eigenvalue weighted by Gasteiger charge is 2.23. The fourth-order valence-corrected chi connectivity index (χ4v) is 3.31. The van der Waals surface area contributed by atoms with E-state index in [1.807, 2.05) is 17.9 Å². The smallest absolute Gasteiger partial charge is 0.221 e. The molecular formula is C16H23FN2O3S. The van der Waals surface area contributed by atoms with Gasteiger partial charge in [-0.2, -0.15) is 0 Å². The molecule has 2 rings (SSSR count). The van der Waals surface area contributed by atoms with Gasteiger partial charge in [0.15, 0.2) is 0 Å². The average molecular weight is 342 g/mol. The van der Waals surface area contributed by atoms with Crippen LogP contribution in [0.2, 0.25) is 0 Å². The summed E-state index contributed by atoms with van der Waals surface area (Å²) in [6, 6.07) is 4.91. The number of piperidine rings is 1. The van der Waals surface area contributed by atoms with Crippen molar-refractivity contribution in [3.8, 4) is 0 Å². The van der Waals surface area contributed by atoms with Crippen molar-refractivity contribution in [2.75, 3.05) is 30.0 Å². The Hall–Kier alpha value is -1.63. The van der Waals surface area contributed by atoms with Crippen LogP contribution in [-0.2, 0) is 14.6 Å². The van der Waals surface area contributed by atoms with Gasteiger partial charge < -0.3 is 10.2 Å². The van der Waals surface area contributed by atoms with E-state index in [1.165, 1.54) is 6.07 Å². The van der Waals surface area contributed by atoms with Crippen LogP contribution in [-0.4, -0.2) is 45.5 Å². The van der Waals surface area contributed by atoms with Crippen LogP contribution in [0, 0.1) is 12.7 Å². The summed E-state index contributed by atoms with van der Waals surface area (Å²) in [5, 5.41) is 2.86. The lowest BCUT2D eigenvalue weighted by atomic mass is 10.0. The van der Waals surface area contributed by atoms with E-state index in [4.69, 9.17) is 0 Å². The van der Waals surface area contributed by atoms with Gasteiger partial charge in [0.25, 0.3) is 0 Å². The number of carbonyl (C=O) groups excluding carboxylic acids is 1. The fraction of sp³-hybridized carbons (Fsp3) is 0.562. The molecule has 0 saturated carbocycles. The van der Waals surface area contributed by atoms with Gasteiger partial charge in [-0.25, -0.2) is 12.8 Å². The SMILES string of the molecule is Cc1ccc(F)c(N2CCCC(NC(=O)CCS(C)(=O)=O)C2)c1. The van der Waals surface area contributed by atoms with Crippen LogP contribution >= 0.6 is 0 Å². The van der Waals surface area contributed by atoms with Gasteiger partial charge >= 0.3 is 0 Å². The third-order valence-electron chi connectivity index (χ3n) is 3.93. The summed E-state index contributed by atoms with van der Waals surface area (Å²) in [5.41, 5.74) is 1.54. The summed E-state index contributed by atoms with van der Waals surface area (Å²) < 4.78 is 36.2. The lowest BCUT2D eigenvalue weighted by Crippen LogP contribution is -2.48. The van der Waals surface area contributed by atoms with Crippen molar-refractivity contribution < 1.29 is 17.6 Å². The average Bonchev–Trinajstić information content (AvgIpc) is 2.47. The number of aryl methyl sites for hydroxylation is 1. The van der Waals surface area contributed by atoms with E-state index in [-0.39, 0.29) is 29.9 Å². The second-order valence-electron chi connectivity index (χ2n) is 6.19. The first kappa shape index (κ1) is 17.7. The van der Waals surface area contributed by atoms with Crippen molar-refractivity contribution in [1.29, 1.82) is 0 Å². The number of sulfone groups is 1. The van der Waals surface area contributed by atoms with Crippen LogP contribution in [0.5, 0.6) is 0 Å². The number of halogens is 1. The van der Waals surface area contributed by atoms with E-state index >= 15 is 0 Å². The van der Waals surface area contributed by atoms with E-state index in [9.17, 15) is 17.6 Å². The molecule has 1 saturated heterocycles. The number of hydrogen-bond donors (Lipinski definition) is 1. The standard InChI is InChI=1S/C16H23FN2O3S/c1-12-5-6-14(17)15(10-12)19-8-3-4-13(11-19)18-16(20)7-9-23(2,21)22/h5-6,10,13H,3-4,7-9,11H2,1-2H3,(H,18,20). The quantitative estimate of drug-likeness (QED) is 0.884. The molecule has 0 aliphatic carbocycles. The monoisotopic (exact) mass is 342 g/mol. The van der Waals surface area contributed by atoms with E-state index < -0.39 is 9.84 Å². The number of rotatable bonds is 5. The Labute approximate surface area is 136 Å². The minimum absolute atomic E-state index is 0.0336. The number of amides is 1. The van der Waals surface area contributed by atoms with Crippen molar-refractivity contribution in [3.05, 3.63) is 29.6 Å². The van der Waals surface area contributed by atoms with Crippen LogP contribution in [0.25, 0.3) is 0 Å². The maximum atomic E-state index is 14.0. The largest absolute Gasteiger partial charge is 0.367 e. The van der Waals surface area contributed by atoms with Crippen LogP contribution in [0.3, 0.4) is 0 Å². The number of nitrogens with zero attached hydrogens (tertiary/aromatic N) is 1. The molecule has 1 N–H and O–H groups in total. The second-order valence-corrected chi connectivity index (χ2v) is 8.45. The van der Waals surface area contributed by atoms with E-state index in [1.54, 1.807) is 6.07 Å². The predicted molar refractivity (Wildman–Crippen MR) is 88.8 cm³/mol. The Morgan fingerprint density at radius 1 is 1.43 bits per heavy atom. The molecule has 1 heterocycles. The Bertz CT molecular complexity index is 676. The van der Waals surface area contributed by atoms with E-state index in [2.05, 4.69) is 5.32 Å². The van der Waals surface area contributed by atoms with E-state index in [0.717, 1.165) is 31.2 Å². The van der Waals surface area contributed by atoms with Gasteiger partial charge in [-0.1, -0.05) is 6.07 Å². The van der Waals surface area contributed by atoms with Crippen LogP contribution < -0.4 is 10.2 Å². The zero-order chi connectivity index (χ0) is 17.0. The third-order valence-corrected chi connectivity index (χ3v) is 4.87. The predicted octanol–water partition coefficient (Wildman–Crippen LogP) is 1.65. The Morgan fingerprint density at radius 3 is 2.87 bits per heavy atom. The van der Waals surface area contributed by atoms with Crippen molar-refractivity contribution in [2.24, 2.45) is 0 Å². The van der Waals surface area contributed by atoms with Crippen LogP contribution in [0.15, 0.2) is 18.2 Å². The zero-order valence-corrected chi connectivity index (χ0v) is 14.3. The van der Waals surface area contributed by atoms with Gasteiger partial charge in [0.2, 0.25) is 5.91 Å². The molecular weight excluding hydrogens is 319 g/mol. The van der Waals surface area contributed by atoms with Crippen molar-refractivity contribution in [1.82, 2.24) is 5.32 Å². The zero-order valence-electron chi connectivity index (χ0n) is 13.5. The Kier molecular flexibility index (Phi) is 5.62. The lowest BCUT2D eigenvalue weighted by molar-refractivity contribution is -0.121. The molecule has 5 nitrogen and oxygen atoms in total. The topological polar surface area (TPSA) is 66.5 Å². The molecule has 0 radical (unpaired) electrons. The first-order chi connectivity index (χ1) is 10.7. The third kappa shape index (κ3) is 5.49. The molecule has 1 aromatic carbocycles. The second kappa shape index (κ2) is 7.29. The number of nitrogens with one attached hydrogen (secondary N) is 1. The van der Waals surface area contributed by atoms with Gasteiger partial charge in [0.05, 0.1) is 11.4 Å². The summed E-state index contributed by atoms with van der Waals surface area (Å²) in [7, 11) is -3.14. The highest BCUT2D eigenvalue weighted by molar-refractivity contribution is 7.90. The molecule has 1 aliphatic rings. The van der Waals surface area contributed by atoms with Gasteiger partial charge in [0, 0.05) is 31.8 Å². The first-order valence-electron chi connectivity index (χ1n) is 7.73. The molecule has 0 aromatic heterocycles. The number of anilines is 1. The summed E-state index contributed by atoms with van der Waals surface area (Å²) in [6.07, 6.45) is 2.75. The van der Waals surface area contributed by atoms with Crippen molar-refractivity contribution >= 4 is 21.4 Å². The van der Waals surface area contributed by atoms with Gasteiger partial charge in [-0.3, -0.25) is 4.79 Å². The molecule has 1 aliphatic heterocycles. The molecule has 1 aromatic rings. The van der Waals surface area contributed by atoms with Crippen LogP contribution in [0.1, 0.15) is 24.8 Å². The molecule has 1 atom stereocenters. The van der Waals surface area contributed by atoms with Gasteiger partial charge in [0.1, 0.15) is 15.7 Å². The molecule has 1 amide bonds. The minimum Gasteiger partial charge on any atom is -0.367 e. The van der Waals surface area contributed by atoms with Crippen molar-refractivity contribution in [3.63, 3.8) is 0 Å². The number of carbonyl (C=O) groups is 1. The van der Waals surface area contributed by atoms with Gasteiger partial charge in [-0.05, 0) is 37.5 Å². The first-order valence-corrected chi connectivity index (χ1v) is 9.79. The summed E-state index contributed by atoms with van der Waals surface area (Å²) >= 11 is 0. The van der Waals surface area contributed by atoms with Crippen LogP contribution in [0.4, 0.5) is 10.1 Å². The number of hydrogen-bond acceptors (Lipinski definition) is 4. The van der Waals surface area contributed by atoms with Gasteiger partial charge in [-0.15, -0.1) is 0 Å². The number of benzene rings is 1. The summed E-state index contributed by atoms with van der Waals surface area (Å²) in [6.45, 7) is 3.19. The molecule has 23 heavy (non-hydrogen) atoms. The maximum absolute atomic E-state index is 14.0. The highest BCUT2D eigenvalue weighted by atomic mass is 32.2. The normalized spacial score (nSPS) is 18.7. The Morgan fingerprint density at radius 2 is 2.17 bits per heavy atom. The summed E-state index contributed by atoms with van der Waals surface area (Å²) in [5.74, 6) is -0.687. The van der Waals surface area contributed by atoms with Crippen molar-refractivity contribution in [2.45, 2.75) is 32.2 Å². The molecule has 7 heteroatoms. The van der Waals surface area contributed by atoms with E-state index in [0.29, 0.717) is 12.2 Å². The minimum atomic E-state index is -3.14.